The molecule has 1 aliphatic heterocycles. The first-order valence-electron chi connectivity index (χ1n) is 3.85. The van der Waals surface area contributed by atoms with Crippen molar-refractivity contribution < 1.29 is 14.9 Å². The molecule has 1 heterocycles. The van der Waals surface area contributed by atoms with E-state index in [1.54, 1.807) is 0 Å². The Hall–Kier alpha value is -0.160. The standard InChI is InChI=1S/C7H15NO3/c1-11-7(10)5-2-3-8-4-6(5)9/h5-10H,2-4H2,1H3. The van der Waals surface area contributed by atoms with E-state index in [0.717, 1.165) is 13.0 Å². The molecule has 0 amide bonds. The van der Waals surface area contributed by atoms with Gasteiger partial charge < -0.3 is 20.3 Å². The van der Waals surface area contributed by atoms with E-state index in [4.69, 9.17) is 4.74 Å². The van der Waals surface area contributed by atoms with Gasteiger partial charge in [-0.3, -0.25) is 0 Å². The Morgan fingerprint density at radius 3 is 2.91 bits per heavy atom. The lowest BCUT2D eigenvalue weighted by Gasteiger charge is -2.30. The van der Waals surface area contributed by atoms with Crippen LogP contribution in [-0.4, -0.2) is 42.8 Å². The van der Waals surface area contributed by atoms with Gasteiger partial charge in [-0.1, -0.05) is 0 Å². The minimum Gasteiger partial charge on any atom is -0.391 e. The van der Waals surface area contributed by atoms with Crippen molar-refractivity contribution in [3.63, 3.8) is 0 Å². The summed E-state index contributed by atoms with van der Waals surface area (Å²) in [7, 11) is 1.44. The van der Waals surface area contributed by atoms with Crippen LogP contribution in [-0.2, 0) is 4.74 Å². The van der Waals surface area contributed by atoms with Crippen LogP contribution in [0.25, 0.3) is 0 Å². The van der Waals surface area contributed by atoms with Gasteiger partial charge in [-0.2, -0.15) is 0 Å². The second kappa shape index (κ2) is 4.01. The van der Waals surface area contributed by atoms with Crippen LogP contribution in [0.15, 0.2) is 0 Å². The van der Waals surface area contributed by atoms with Gasteiger partial charge in [0.2, 0.25) is 0 Å². The summed E-state index contributed by atoms with van der Waals surface area (Å²) in [5.41, 5.74) is 0. The molecule has 3 atom stereocenters. The van der Waals surface area contributed by atoms with Gasteiger partial charge in [0.1, 0.15) is 0 Å². The number of aliphatic hydroxyl groups is 2. The molecule has 0 bridgehead atoms. The van der Waals surface area contributed by atoms with Gasteiger partial charge in [0.25, 0.3) is 0 Å². The molecule has 4 nitrogen and oxygen atoms in total. The fourth-order valence-corrected chi connectivity index (χ4v) is 1.37. The van der Waals surface area contributed by atoms with Crippen LogP contribution in [0.4, 0.5) is 0 Å². The van der Waals surface area contributed by atoms with Gasteiger partial charge >= 0.3 is 0 Å². The first kappa shape index (κ1) is 8.93. The SMILES string of the molecule is COC(O)C1CCNCC1O. The zero-order valence-electron chi connectivity index (χ0n) is 6.66. The van der Waals surface area contributed by atoms with E-state index in [9.17, 15) is 10.2 Å². The van der Waals surface area contributed by atoms with Crippen LogP contribution in [0.5, 0.6) is 0 Å². The number of aliphatic hydroxyl groups excluding tert-OH is 2. The smallest absolute Gasteiger partial charge is 0.159 e. The lowest BCUT2D eigenvalue weighted by molar-refractivity contribution is -0.146. The molecule has 0 aromatic carbocycles. The maximum atomic E-state index is 9.37. The second-order valence-electron chi connectivity index (χ2n) is 2.85. The molecule has 1 rings (SSSR count). The lowest BCUT2D eigenvalue weighted by Crippen LogP contribution is -2.45. The maximum absolute atomic E-state index is 9.37. The van der Waals surface area contributed by atoms with Crippen molar-refractivity contribution in [2.45, 2.75) is 18.8 Å². The summed E-state index contributed by atoms with van der Waals surface area (Å²) < 4.78 is 4.73. The first-order chi connectivity index (χ1) is 5.25. The summed E-state index contributed by atoms with van der Waals surface area (Å²) >= 11 is 0. The fourth-order valence-electron chi connectivity index (χ4n) is 1.37. The maximum Gasteiger partial charge on any atom is 0.159 e. The van der Waals surface area contributed by atoms with Crippen molar-refractivity contribution in [3.05, 3.63) is 0 Å². The lowest BCUT2D eigenvalue weighted by atomic mass is 9.94. The van der Waals surface area contributed by atoms with Gasteiger partial charge in [0, 0.05) is 19.6 Å². The summed E-state index contributed by atoms with van der Waals surface area (Å²) in [5, 5.41) is 21.6. The molecule has 0 aliphatic carbocycles. The van der Waals surface area contributed by atoms with Gasteiger partial charge in [-0.25, -0.2) is 0 Å². The second-order valence-corrected chi connectivity index (χ2v) is 2.85. The molecule has 0 radical (unpaired) electrons. The van der Waals surface area contributed by atoms with E-state index in [1.165, 1.54) is 7.11 Å². The molecule has 0 aromatic rings. The van der Waals surface area contributed by atoms with E-state index < -0.39 is 12.4 Å². The third-order valence-corrected chi connectivity index (χ3v) is 2.11. The predicted molar refractivity (Wildman–Crippen MR) is 40.0 cm³/mol. The van der Waals surface area contributed by atoms with Crippen molar-refractivity contribution in [1.29, 1.82) is 0 Å². The predicted octanol–water partition coefficient (Wildman–Crippen LogP) is -1.08. The molecule has 3 unspecified atom stereocenters. The van der Waals surface area contributed by atoms with Crippen molar-refractivity contribution in [1.82, 2.24) is 5.32 Å². The molecular weight excluding hydrogens is 146 g/mol. The Morgan fingerprint density at radius 2 is 2.36 bits per heavy atom. The molecule has 0 aromatic heterocycles. The molecule has 11 heavy (non-hydrogen) atoms. The Morgan fingerprint density at radius 1 is 1.64 bits per heavy atom. The van der Waals surface area contributed by atoms with Crippen molar-refractivity contribution >= 4 is 0 Å². The first-order valence-corrected chi connectivity index (χ1v) is 3.85. The Balaban J connectivity index is 2.40. The van der Waals surface area contributed by atoms with Crippen LogP contribution < -0.4 is 5.32 Å². The number of methoxy groups -OCH3 is 1. The highest BCUT2D eigenvalue weighted by Crippen LogP contribution is 2.16. The third kappa shape index (κ3) is 2.13. The van der Waals surface area contributed by atoms with Crippen molar-refractivity contribution in [2.24, 2.45) is 5.92 Å². The van der Waals surface area contributed by atoms with Crippen LogP contribution in [0, 0.1) is 5.92 Å². The molecule has 1 fully saturated rings. The van der Waals surface area contributed by atoms with Crippen LogP contribution in [0.1, 0.15) is 6.42 Å². The Kier molecular flexibility index (Phi) is 3.26. The van der Waals surface area contributed by atoms with Crippen LogP contribution in [0.2, 0.25) is 0 Å². The molecule has 66 valence electrons. The van der Waals surface area contributed by atoms with Gasteiger partial charge in [0.05, 0.1) is 6.10 Å². The van der Waals surface area contributed by atoms with Crippen LogP contribution in [0.3, 0.4) is 0 Å². The molecular formula is C7H15NO3. The fraction of sp³-hybridized carbons (Fsp3) is 1.00. The third-order valence-electron chi connectivity index (χ3n) is 2.11. The zero-order valence-corrected chi connectivity index (χ0v) is 6.66. The van der Waals surface area contributed by atoms with Gasteiger partial charge in [-0.15, -0.1) is 0 Å². The van der Waals surface area contributed by atoms with Crippen molar-refractivity contribution in [3.8, 4) is 0 Å². The highest BCUT2D eigenvalue weighted by atomic mass is 16.6. The molecule has 1 saturated heterocycles. The van der Waals surface area contributed by atoms with E-state index >= 15 is 0 Å². The number of nitrogens with one attached hydrogen (secondary N) is 1. The normalized spacial score (nSPS) is 35.2. The minimum atomic E-state index is -0.827. The summed E-state index contributed by atoms with van der Waals surface area (Å²) in [6, 6.07) is 0. The van der Waals surface area contributed by atoms with E-state index in [1.807, 2.05) is 0 Å². The summed E-state index contributed by atoms with van der Waals surface area (Å²) in [6.45, 7) is 1.38. The highest BCUT2D eigenvalue weighted by molar-refractivity contribution is 4.78. The molecule has 0 spiro atoms. The van der Waals surface area contributed by atoms with Gasteiger partial charge in [0.15, 0.2) is 6.29 Å². The Labute approximate surface area is 66.2 Å². The summed E-state index contributed by atoms with van der Waals surface area (Å²) in [6.07, 6.45) is -0.554. The molecule has 0 saturated carbocycles. The number of hydrogen-bond acceptors (Lipinski definition) is 4. The monoisotopic (exact) mass is 161 g/mol. The summed E-state index contributed by atoms with van der Waals surface area (Å²) in [5.74, 6) is -0.138. The number of piperidine rings is 1. The zero-order chi connectivity index (χ0) is 8.27. The molecule has 1 aliphatic rings. The molecule has 4 heteroatoms. The largest absolute Gasteiger partial charge is 0.391 e. The summed E-state index contributed by atoms with van der Waals surface area (Å²) in [4.78, 5) is 0. The van der Waals surface area contributed by atoms with Gasteiger partial charge in [-0.05, 0) is 13.0 Å². The average molecular weight is 161 g/mol. The van der Waals surface area contributed by atoms with E-state index in [0.29, 0.717) is 6.54 Å². The Bertz CT molecular complexity index is 116. The quantitative estimate of drug-likeness (QED) is 0.451. The number of hydrogen-bond donors (Lipinski definition) is 3. The van der Waals surface area contributed by atoms with Crippen LogP contribution >= 0.6 is 0 Å². The number of ether oxygens (including phenoxy) is 1. The minimum absolute atomic E-state index is 0.138. The van der Waals surface area contributed by atoms with Crippen molar-refractivity contribution in [2.75, 3.05) is 20.2 Å². The topological polar surface area (TPSA) is 61.7 Å². The van der Waals surface area contributed by atoms with E-state index in [-0.39, 0.29) is 5.92 Å². The average Bonchev–Trinajstić information content (AvgIpc) is 2.04. The number of β-amino-alcohol motifs (C(OH)–C–C–N with tert-alkyl or cyclic N) is 1. The number of rotatable bonds is 2. The molecule has 3 N–H and O–H groups in total. The van der Waals surface area contributed by atoms with E-state index in [2.05, 4.69) is 5.32 Å². The highest BCUT2D eigenvalue weighted by Gasteiger charge is 2.28.